The Morgan fingerprint density at radius 1 is 0.295 bits per heavy atom. The molecule has 0 saturated heterocycles. The molecule has 1 aromatic rings. The maximum Gasteiger partial charge on any atom is 0.500 e. The van der Waals surface area contributed by atoms with Gasteiger partial charge in [0, 0.05) is 136 Å². The maximum absolute atomic E-state index is 13.8. The molecule has 0 aliphatic rings. The molecule has 0 spiro atoms. The van der Waals surface area contributed by atoms with Crippen molar-refractivity contribution in [1.29, 1.82) is 0 Å². The molecule has 0 aliphatic carbocycles. The summed E-state index contributed by atoms with van der Waals surface area (Å²) in [5, 5.41) is 17.3. The summed E-state index contributed by atoms with van der Waals surface area (Å²) in [4.78, 5) is 78.8. The largest absolute Gasteiger partial charge is 0.500 e. The van der Waals surface area contributed by atoms with E-state index in [0.29, 0.717) is 194 Å². The van der Waals surface area contributed by atoms with Crippen molar-refractivity contribution in [2.75, 3.05) is 98.7 Å². The van der Waals surface area contributed by atoms with E-state index in [1.54, 1.807) is 0 Å². The van der Waals surface area contributed by atoms with Gasteiger partial charge in [0.15, 0.2) is 0 Å². The lowest BCUT2D eigenvalue weighted by Crippen LogP contribution is -2.54. The van der Waals surface area contributed by atoms with Crippen molar-refractivity contribution in [2.45, 2.75) is 196 Å². The standard InChI is InChI=1S/C51H105N9O15Si3/c1-10-67-76(68-11-2,69-12-3)43-31-37-55-46(61)52-34-25-19-22-28-40-58-49(64)59(41-29-23-20-26-35-53-47(62)56-38-32-44-77(70-13-4,71-14-5)72-15-6)51(66)60(50(58)65)42-30-24-21-27-36-54-48(63)57-39-33-45-78(73-16-7,74-17-8)75-18-9/h10-45H2,1-9H3,(H2,52,55,61)(H2,53,56,62)(H2,54,57,63). The Morgan fingerprint density at radius 3 is 0.667 bits per heavy atom. The molecule has 1 rings (SSSR count). The highest BCUT2D eigenvalue weighted by molar-refractivity contribution is 6.61. The molecule has 0 atom stereocenters. The van der Waals surface area contributed by atoms with Crippen LogP contribution in [-0.2, 0) is 59.5 Å². The highest BCUT2D eigenvalue weighted by atomic mass is 28.4. The molecule has 0 radical (unpaired) electrons. The van der Waals surface area contributed by atoms with Crippen LogP contribution in [0.5, 0.6) is 0 Å². The first-order chi connectivity index (χ1) is 37.7. The molecule has 0 fully saturated rings. The van der Waals surface area contributed by atoms with Crippen LogP contribution in [0.3, 0.4) is 0 Å². The Bertz CT molecular complexity index is 1630. The number of carbonyl (C=O) groups is 3. The Hall–Kier alpha value is -3.49. The van der Waals surface area contributed by atoms with E-state index in [9.17, 15) is 28.8 Å². The minimum atomic E-state index is -2.77. The zero-order valence-corrected chi connectivity index (χ0v) is 52.4. The van der Waals surface area contributed by atoms with Crippen LogP contribution < -0.4 is 49.0 Å². The van der Waals surface area contributed by atoms with Crippen LogP contribution in [0.4, 0.5) is 14.4 Å². The van der Waals surface area contributed by atoms with Gasteiger partial charge in [-0.25, -0.2) is 42.5 Å². The van der Waals surface area contributed by atoms with Crippen LogP contribution in [0.25, 0.3) is 0 Å². The van der Waals surface area contributed by atoms with Gasteiger partial charge in [-0.1, -0.05) is 38.5 Å². The molecule has 78 heavy (non-hydrogen) atoms. The fourth-order valence-electron chi connectivity index (χ4n) is 8.82. The lowest BCUT2D eigenvalue weighted by atomic mass is 10.2. The van der Waals surface area contributed by atoms with Crippen LogP contribution in [-0.4, -0.2) is 157 Å². The SMILES string of the molecule is CCO[Si](CCCNC(=O)NCCCCCCn1c(=O)n(CCCCCCNC(=O)NCCC[Si](OCC)(OCC)OCC)c(=O)n(CCCCCCNC(=O)NCCC[Si](OCC)(OCC)OCC)c1=O)(OCC)OCC. The number of urea groups is 3. The topological polar surface area (TPSA) is 272 Å². The molecule has 6 N–H and O–H groups in total. The van der Waals surface area contributed by atoms with E-state index in [-0.39, 0.29) is 37.7 Å². The minimum Gasteiger partial charge on any atom is -0.374 e. The van der Waals surface area contributed by atoms with Gasteiger partial charge in [-0.3, -0.25) is 0 Å². The second-order valence-corrected chi connectivity index (χ2v) is 26.5. The summed E-state index contributed by atoms with van der Waals surface area (Å²) in [5.74, 6) is 0. The summed E-state index contributed by atoms with van der Waals surface area (Å²) in [6, 6.07) is 1.03. The molecular weight excluding hydrogens is 1060 g/mol. The number of unbranched alkanes of at least 4 members (excludes halogenated alkanes) is 9. The van der Waals surface area contributed by atoms with E-state index in [0.717, 1.165) is 19.3 Å². The Kier molecular flexibility index (Phi) is 42.0. The Morgan fingerprint density at radius 2 is 0.474 bits per heavy atom. The van der Waals surface area contributed by atoms with E-state index in [1.165, 1.54) is 13.7 Å². The number of carbonyl (C=O) groups excluding carboxylic acids is 3. The molecule has 1 heterocycles. The summed E-state index contributed by atoms with van der Waals surface area (Å²) < 4.78 is 56.6. The minimum absolute atomic E-state index is 0.159. The Balaban J connectivity index is 2.78. The van der Waals surface area contributed by atoms with Crippen molar-refractivity contribution in [3.8, 4) is 0 Å². The number of nitrogens with zero attached hydrogens (tertiary/aromatic N) is 3. The van der Waals surface area contributed by atoms with Crippen molar-refractivity contribution >= 4 is 44.5 Å². The van der Waals surface area contributed by atoms with Gasteiger partial charge in [-0.2, -0.15) is 0 Å². The smallest absolute Gasteiger partial charge is 0.374 e. The average Bonchev–Trinajstić information content (AvgIpc) is 3.44. The molecule has 0 aliphatic heterocycles. The number of hydrogen-bond donors (Lipinski definition) is 6. The molecule has 0 saturated carbocycles. The monoisotopic (exact) mass is 1170 g/mol. The zero-order chi connectivity index (χ0) is 57.8. The number of aromatic nitrogens is 3. The van der Waals surface area contributed by atoms with Crippen LogP contribution in [0.2, 0.25) is 18.1 Å². The summed E-state index contributed by atoms with van der Waals surface area (Å²) in [6.07, 6.45) is 10.1. The normalized spacial score (nSPS) is 12.0. The third-order valence-electron chi connectivity index (χ3n) is 12.3. The third-order valence-corrected chi connectivity index (χ3v) is 21.7. The lowest BCUT2D eigenvalue weighted by molar-refractivity contribution is 0.0700. The first-order valence-corrected chi connectivity index (χ1v) is 35.3. The van der Waals surface area contributed by atoms with Gasteiger partial charge in [-0.05, 0) is 120 Å². The number of rotatable bonds is 51. The maximum atomic E-state index is 13.8. The molecule has 27 heteroatoms. The molecule has 456 valence electrons. The molecule has 1 aromatic heterocycles. The second kappa shape index (κ2) is 45.2. The van der Waals surface area contributed by atoms with Crippen LogP contribution in [0.1, 0.15) is 159 Å². The van der Waals surface area contributed by atoms with E-state index >= 15 is 0 Å². The van der Waals surface area contributed by atoms with E-state index in [1.807, 2.05) is 62.3 Å². The van der Waals surface area contributed by atoms with Crippen LogP contribution in [0, 0.1) is 0 Å². The van der Waals surface area contributed by atoms with Gasteiger partial charge >= 0.3 is 61.6 Å². The highest BCUT2D eigenvalue weighted by Crippen LogP contribution is 2.20. The molecule has 6 amide bonds. The summed E-state index contributed by atoms with van der Waals surface area (Å²) in [7, 11) is -8.32. The average molecular weight is 1170 g/mol. The summed E-state index contributed by atoms with van der Waals surface area (Å²) in [5.41, 5.74) is -1.85. The zero-order valence-electron chi connectivity index (χ0n) is 49.4. The van der Waals surface area contributed by atoms with Crippen molar-refractivity contribution in [3.05, 3.63) is 31.5 Å². The van der Waals surface area contributed by atoms with Gasteiger partial charge in [0.2, 0.25) is 0 Å². The summed E-state index contributed by atoms with van der Waals surface area (Å²) >= 11 is 0. The van der Waals surface area contributed by atoms with Gasteiger partial charge < -0.3 is 71.7 Å². The molecule has 0 bridgehead atoms. The quantitative estimate of drug-likeness (QED) is 0.0319. The second-order valence-electron chi connectivity index (χ2n) is 18.4. The number of amides is 6. The fourth-order valence-corrected chi connectivity index (χ4v) is 16.7. The first kappa shape index (κ1) is 72.5. The predicted octanol–water partition coefficient (Wildman–Crippen LogP) is 6.07. The van der Waals surface area contributed by atoms with Gasteiger partial charge in [-0.15, -0.1) is 0 Å². The van der Waals surface area contributed by atoms with Gasteiger partial charge in [0.05, 0.1) is 0 Å². The molecular formula is C51H105N9O15Si3. The van der Waals surface area contributed by atoms with Crippen LogP contribution >= 0.6 is 0 Å². The van der Waals surface area contributed by atoms with E-state index in [2.05, 4.69) is 31.9 Å². The van der Waals surface area contributed by atoms with Crippen molar-refractivity contribution in [2.24, 2.45) is 0 Å². The predicted molar refractivity (Wildman–Crippen MR) is 309 cm³/mol. The van der Waals surface area contributed by atoms with Crippen molar-refractivity contribution in [3.63, 3.8) is 0 Å². The lowest BCUT2D eigenvalue weighted by Gasteiger charge is -2.28. The van der Waals surface area contributed by atoms with Crippen molar-refractivity contribution < 1.29 is 54.2 Å². The van der Waals surface area contributed by atoms with Crippen molar-refractivity contribution in [1.82, 2.24) is 45.6 Å². The van der Waals surface area contributed by atoms with Gasteiger partial charge in [0.25, 0.3) is 0 Å². The van der Waals surface area contributed by atoms with Gasteiger partial charge in [0.1, 0.15) is 0 Å². The molecule has 24 nitrogen and oxygen atoms in total. The summed E-state index contributed by atoms with van der Waals surface area (Å²) in [6.45, 7) is 24.9. The third kappa shape index (κ3) is 30.4. The number of nitrogens with one attached hydrogen (secondary N) is 6. The molecule has 0 aromatic carbocycles. The van der Waals surface area contributed by atoms with E-state index < -0.39 is 43.5 Å². The highest BCUT2D eigenvalue weighted by Gasteiger charge is 2.41. The fraction of sp³-hybridized carbons (Fsp3) is 0.882. The van der Waals surface area contributed by atoms with Crippen LogP contribution in [0.15, 0.2) is 14.4 Å². The first-order valence-electron chi connectivity index (χ1n) is 29.5. The number of hydrogen-bond acceptors (Lipinski definition) is 15. The Labute approximate surface area is 469 Å². The van der Waals surface area contributed by atoms with E-state index in [4.69, 9.17) is 39.8 Å². The molecule has 0 unspecified atom stereocenters.